The van der Waals surface area contributed by atoms with Crippen molar-refractivity contribution in [3.63, 3.8) is 0 Å². The lowest BCUT2D eigenvalue weighted by molar-refractivity contribution is -0.128. The molecule has 1 aliphatic carbocycles. The van der Waals surface area contributed by atoms with Gasteiger partial charge < -0.3 is 10.2 Å². The molecular weight excluding hydrogens is 346 g/mol. The minimum Gasteiger partial charge on any atom is -0.342 e. The van der Waals surface area contributed by atoms with Crippen LogP contribution in [-0.4, -0.2) is 34.8 Å². The number of carbonyl (C=O) groups is 2. The first kappa shape index (κ1) is 17.2. The number of aromatic nitrogens is 1. The van der Waals surface area contributed by atoms with Crippen LogP contribution in [0, 0.1) is 5.92 Å². The Morgan fingerprint density at radius 2 is 2.04 bits per heavy atom. The van der Waals surface area contributed by atoms with Crippen molar-refractivity contribution in [2.24, 2.45) is 5.92 Å². The Labute approximate surface area is 157 Å². The van der Waals surface area contributed by atoms with Crippen LogP contribution in [0.4, 0.5) is 5.13 Å². The molecule has 2 amide bonds. The number of likely N-dealkylation sites (tertiary alicyclic amines) is 1. The largest absolute Gasteiger partial charge is 0.342 e. The van der Waals surface area contributed by atoms with Gasteiger partial charge in [-0.3, -0.25) is 9.59 Å². The average molecular weight is 369 g/mol. The van der Waals surface area contributed by atoms with E-state index in [0.29, 0.717) is 24.6 Å². The number of carbonyl (C=O) groups excluding carboxylic acids is 2. The number of nitrogens with zero attached hydrogens (tertiary/aromatic N) is 2. The maximum atomic E-state index is 12.6. The minimum atomic E-state index is -0.279. The molecule has 1 aromatic heterocycles. The number of hydrogen-bond donors (Lipinski definition) is 1. The molecule has 0 spiro atoms. The molecule has 6 heteroatoms. The maximum absolute atomic E-state index is 12.6. The van der Waals surface area contributed by atoms with Gasteiger partial charge in [-0.25, -0.2) is 4.98 Å². The van der Waals surface area contributed by atoms with Gasteiger partial charge in [-0.05, 0) is 37.7 Å². The van der Waals surface area contributed by atoms with Crippen LogP contribution in [0.2, 0.25) is 0 Å². The zero-order valence-corrected chi connectivity index (χ0v) is 15.6. The van der Waals surface area contributed by atoms with E-state index in [0.717, 1.165) is 25.0 Å². The Hall–Kier alpha value is -2.21. The summed E-state index contributed by atoms with van der Waals surface area (Å²) in [6, 6.07) is 10.1. The number of thiazole rings is 1. The van der Waals surface area contributed by atoms with E-state index >= 15 is 0 Å². The van der Waals surface area contributed by atoms with Gasteiger partial charge in [0, 0.05) is 24.4 Å². The maximum Gasteiger partial charge on any atom is 0.231 e. The van der Waals surface area contributed by atoms with Gasteiger partial charge in [-0.1, -0.05) is 30.3 Å². The molecule has 1 unspecified atom stereocenters. The number of hydrogen-bond acceptors (Lipinski definition) is 4. The molecule has 4 rings (SSSR count). The zero-order chi connectivity index (χ0) is 17.9. The van der Waals surface area contributed by atoms with E-state index in [9.17, 15) is 9.59 Å². The van der Waals surface area contributed by atoms with Crippen molar-refractivity contribution in [1.29, 1.82) is 0 Å². The molecule has 0 bridgehead atoms. The fraction of sp³-hybridized carbons (Fsp3) is 0.450. The lowest BCUT2D eigenvalue weighted by atomic mass is 10.0. The fourth-order valence-corrected chi connectivity index (χ4v) is 4.74. The van der Waals surface area contributed by atoms with Crippen molar-refractivity contribution in [2.75, 3.05) is 18.4 Å². The van der Waals surface area contributed by atoms with E-state index in [2.05, 4.69) is 22.4 Å². The lowest BCUT2D eigenvalue weighted by Gasteiger charge is -2.16. The summed E-state index contributed by atoms with van der Waals surface area (Å²) in [5, 5.41) is 3.64. The first-order valence-electron chi connectivity index (χ1n) is 9.30. The summed E-state index contributed by atoms with van der Waals surface area (Å²) in [7, 11) is 0. The van der Waals surface area contributed by atoms with Crippen molar-refractivity contribution < 1.29 is 9.59 Å². The molecule has 1 aromatic carbocycles. The molecule has 0 saturated carbocycles. The molecule has 5 nitrogen and oxygen atoms in total. The van der Waals surface area contributed by atoms with E-state index < -0.39 is 0 Å². The highest BCUT2D eigenvalue weighted by molar-refractivity contribution is 7.15. The van der Waals surface area contributed by atoms with E-state index in [1.807, 2.05) is 23.1 Å². The number of aryl methyl sites for hydroxylation is 2. The van der Waals surface area contributed by atoms with Gasteiger partial charge in [0.25, 0.3) is 0 Å². The Balaban J connectivity index is 1.32. The predicted octanol–water partition coefficient (Wildman–Crippen LogP) is 3.05. The smallest absolute Gasteiger partial charge is 0.231 e. The lowest BCUT2D eigenvalue weighted by Crippen LogP contribution is -2.30. The van der Waals surface area contributed by atoms with Crippen molar-refractivity contribution in [1.82, 2.24) is 9.88 Å². The quantitative estimate of drug-likeness (QED) is 0.881. The molecule has 0 radical (unpaired) electrons. The molecule has 1 aliphatic heterocycles. The van der Waals surface area contributed by atoms with Gasteiger partial charge in [0.1, 0.15) is 0 Å². The van der Waals surface area contributed by atoms with Crippen molar-refractivity contribution in [2.45, 2.75) is 38.5 Å². The number of benzene rings is 1. The van der Waals surface area contributed by atoms with Crippen LogP contribution in [0.25, 0.3) is 0 Å². The highest BCUT2D eigenvalue weighted by atomic mass is 32.1. The molecular formula is C20H23N3O2S. The van der Waals surface area contributed by atoms with E-state index in [1.165, 1.54) is 23.3 Å². The average Bonchev–Trinajstić information content (AvgIpc) is 3.23. The third kappa shape index (κ3) is 3.80. The highest BCUT2D eigenvalue weighted by Crippen LogP contribution is 2.30. The zero-order valence-electron chi connectivity index (χ0n) is 14.7. The normalized spacial score (nSPS) is 19.5. The minimum absolute atomic E-state index is 0.0690. The highest BCUT2D eigenvalue weighted by Gasteiger charge is 2.34. The third-order valence-corrected chi connectivity index (χ3v) is 6.25. The van der Waals surface area contributed by atoms with Crippen LogP contribution in [0.1, 0.15) is 35.4 Å². The molecule has 1 N–H and O–H groups in total. The SMILES string of the molecule is O=C(Nc1nc2c(s1)CCCC2)C1CC(=O)N(CCc2ccccc2)C1. The summed E-state index contributed by atoms with van der Waals surface area (Å²) < 4.78 is 0. The topological polar surface area (TPSA) is 62.3 Å². The second kappa shape index (κ2) is 7.58. The fourth-order valence-electron chi connectivity index (χ4n) is 3.69. The van der Waals surface area contributed by atoms with Crippen molar-refractivity contribution in [3.05, 3.63) is 46.5 Å². The first-order valence-corrected chi connectivity index (χ1v) is 10.1. The van der Waals surface area contributed by atoms with Gasteiger partial charge >= 0.3 is 0 Å². The van der Waals surface area contributed by atoms with Crippen molar-refractivity contribution >= 4 is 28.3 Å². The first-order chi connectivity index (χ1) is 12.7. The van der Waals surface area contributed by atoms with Crippen molar-refractivity contribution in [3.8, 4) is 0 Å². The number of fused-ring (bicyclic) bond motifs is 1. The van der Waals surface area contributed by atoms with Crippen LogP contribution in [0.15, 0.2) is 30.3 Å². The number of amides is 2. The van der Waals surface area contributed by atoms with Gasteiger partial charge in [-0.2, -0.15) is 0 Å². The van der Waals surface area contributed by atoms with Gasteiger partial charge in [-0.15, -0.1) is 11.3 Å². The molecule has 2 aromatic rings. The molecule has 2 aliphatic rings. The monoisotopic (exact) mass is 369 g/mol. The Morgan fingerprint density at radius 3 is 2.85 bits per heavy atom. The Kier molecular flexibility index (Phi) is 5.02. The second-order valence-corrected chi connectivity index (χ2v) is 8.15. The molecule has 1 fully saturated rings. The Morgan fingerprint density at radius 1 is 1.23 bits per heavy atom. The van der Waals surface area contributed by atoms with Crippen LogP contribution in [0.3, 0.4) is 0 Å². The summed E-state index contributed by atoms with van der Waals surface area (Å²) in [5.74, 6) is -0.287. The number of rotatable bonds is 5. The van der Waals surface area contributed by atoms with Crippen LogP contribution < -0.4 is 5.32 Å². The Bertz CT molecular complexity index is 779. The summed E-state index contributed by atoms with van der Waals surface area (Å²) in [6.45, 7) is 1.17. The van der Waals surface area contributed by atoms with E-state index in [4.69, 9.17) is 0 Å². The second-order valence-electron chi connectivity index (χ2n) is 7.06. The predicted molar refractivity (Wildman–Crippen MR) is 102 cm³/mol. The molecule has 136 valence electrons. The molecule has 1 atom stereocenters. The molecule has 1 saturated heterocycles. The van der Waals surface area contributed by atoms with Crippen LogP contribution in [0.5, 0.6) is 0 Å². The number of anilines is 1. The molecule has 2 heterocycles. The van der Waals surface area contributed by atoms with E-state index in [1.54, 1.807) is 11.3 Å². The van der Waals surface area contributed by atoms with Crippen LogP contribution in [-0.2, 0) is 28.9 Å². The summed E-state index contributed by atoms with van der Waals surface area (Å²) >= 11 is 1.59. The summed E-state index contributed by atoms with van der Waals surface area (Å²) in [5.41, 5.74) is 2.35. The van der Waals surface area contributed by atoms with Gasteiger partial charge in [0.15, 0.2) is 5.13 Å². The standard InChI is InChI=1S/C20H23N3O2S/c24-18-12-15(13-23(18)11-10-14-6-2-1-3-7-14)19(25)22-20-21-16-8-4-5-9-17(16)26-20/h1-3,6-7,15H,4-5,8-13H2,(H,21,22,25). The van der Waals surface area contributed by atoms with Gasteiger partial charge in [0.2, 0.25) is 11.8 Å². The van der Waals surface area contributed by atoms with Crippen LogP contribution >= 0.6 is 11.3 Å². The van der Waals surface area contributed by atoms with E-state index in [-0.39, 0.29) is 17.7 Å². The van der Waals surface area contributed by atoms with Gasteiger partial charge in [0.05, 0.1) is 11.6 Å². The molecule has 26 heavy (non-hydrogen) atoms. The summed E-state index contributed by atoms with van der Waals surface area (Å²) in [6.07, 6.45) is 5.58. The number of nitrogens with one attached hydrogen (secondary N) is 1. The third-order valence-electron chi connectivity index (χ3n) is 5.17. The summed E-state index contributed by atoms with van der Waals surface area (Å²) in [4.78, 5) is 32.5.